The van der Waals surface area contributed by atoms with Crippen LogP contribution in [0.5, 0.6) is 11.5 Å². The quantitative estimate of drug-likeness (QED) is 0.470. The molecule has 4 rings (SSSR count). The van der Waals surface area contributed by atoms with Crippen LogP contribution in [0.1, 0.15) is 40.3 Å². The molecule has 158 valence electrons. The third kappa shape index (κ3) is 3.47. The molecule has 31 heavy (non-hydrogen) atoms. The van der Waals surface area contributed by atoms with E-state index in [0.717, 1.165) is 16.9 Å². The maximum atomic E-state index is 11.6. The molecule has 0 saturated heterocycles. The number of para-hydroxylation sites is 1. The third-order valence-corrected chi connectivity index (χ3v) is 5.28. The number of primary amides is 1. The molecule has 2 heterocycles. The van der Waals surface area contributed by atoms with Crippen LogP contribution in [0.3, 0.4) is 0 Å². The molecule has 8 heteroatoms. The van der Waals surface area contributed by atoms with Gasteiger partial charge in [-0.25, -0.2) is 0 Å². The summed E-state index contributed by atoms with van der Waals surface area (Å²) in [5.41, 5.74) is 16.1. The summed E-state index contributed by atoms with van der Waals surface area (Å²) < 4.78 is 13.7. The van der Waals surface area contributed by atoms with Crippen LogP contribution in [0.4, 0.5) is 5.69 Å². The van der Waals surface area contributed by atoms with Crippen LogP contribution in [0, 0.1) is 0 Å². The van der Waals surface area contributed by atoms with E-state index in [1.807, 2.05) is 35.8 Å². The maximum absolute atomic E-state index is 11.6. The molecule has 8 nitrogen and oxygen atoms in total. The number of ether oxygens (including phenoxy) is 2. The summed E-state index contributed by atoms with van der Waals surface area (Å²) in [5, 5.41) is 0. The van der Waals surface area contributed by atoms with E-state index in [9.17, 15) is 4.79 Å². The molecule has 0 fully saturated rings. The van der Waals surface area contributed by atoms with E-state index >= 15 is 0 Å². The smallest absolute Gasteiger partial charge is 0.252 e. The van der Waals surface area contributed by atoms with Crippen LogP contribution in [0.25, 0.3) is 5.69 Å². The number of carbonyl (C=O) groups is 1. The minimum Gasteiger partial charge on any atom is -0.457 e. The van der Waals surface area contributed by atoms with Gasteiger partial charge in [0.05, 0.1) is 29.7 Å². The fraction of sp³-hybridized carbons (Fsp3) is 0.174. The number of nitrogens with zero attached hydrogens (tertiary/aromatic N) is 3. The minimum atomic E-state index is -0.548. The molecule has 1 aliphatic heterocycles. The molecule has 0 bridgehead atoms. The van der Waals surface area contributed by atoms with Crippen molar-refractivity contribution < 1.29 is 14.3 Å². The fourth-order valence-corrected chi connectivity index (χ4v) is 3.82. The van der Waals surface area contributed by atoms with Crippen molar-refractivity contribution in [3.8, 4) is 17.2 Å². The van der Waals surface area contributed by atoms with Gasteiger partial charge in [-0.05, 0) is 50.0 Å². The molecule has 2 aromatic carbocycles. The Hall–Kier alpha value is -3.91. The topological polar surface area (TPSA) is 117 Å². The number of benzene rings is 2. The number of hydrogen-bond acceptors (Lipinski definition) is 5. The Labute approximate surface area is 179 Å². The molecular weight excluding hydrogens is 394 g/mol. The van der Waals surface area contributed by atoms with Crippen molar-refractivity contribution in [2.24, 2.45) is 21.5 Å². The first-order chi connectivity index (χ1) is 15.0. The second kappa shape index (κ2) is 8.08. The van der Waals surface area contributed by atoms with Crippen molar-refractivity contribution in [3.05, 3.63) is 71.0 Å². The van der Waals surface area contributed by atoms with Crippen LogP contribution in [-0.4, -0.2) is 30.1 Å². The molecule has 1 amide bonds. The van der Waals surface area contributed by atoms with Gasteiger partial charge in [-0.1, -0.05) is 12.1 Å². The zero-order valence-corrected chi connectivity index (χ0v) is 17.3. The highest BCUT2D eigenvalue weighted by Crippen LogP contribution is 2.43. The molecule has 1 aliphatic rings. The molecule has 4 N–H and O–H groups in total. The summed E-state index contributed by atoms with van der Waals surface area (Å²) in [5.74, 6) is 0.770. The second-order valence-corrected chi connectivity index (χ2v) is 7.07. The lowest BCUT2D eigenvalue weighted by atomic mass is 10.1. The van der Waals surface area contributed by atoms with Gasteiger partial charge in [0, 0.05) is 18.3 Å². The number of aliphatic imine (C=N–C) groups is 2. The van der Waals surface area contributed by atoms with Gasteiger partial charge in [-0.15, -0.1) is 0 Å². The van der Waals surface area contributed by atoms with E-state index in [0.29, 0.717) is 40.9 Å². The SMILES string of the molecule is C=Nc1c2c(n(-c3ccc(Oc4ccccc4C(N)=O)cc3)c1C(N)=NC)COC2C. The van der Waals surface area contributed by atoms with E-state index in [-0.39, 0.29) is 6.10 Å². The molecule has 0 spiro atoms. The predicted molar refractivity (Wildman–Crippen MR) is 120 cm³/mol. The Kier molecular flexibility index (Phi) is 5.31. The number of carbonyl (C=O) groups excluding carboxylic acids is 1. The summed E-state index contributed by atoms with van der Waals surface area (Å²) in [4.78, 5) is 20.0. The zero-order valence-electron chi connectivity index (χ0n) is 17.3. The number of nitrogens with two attached hydrogens (primary N) is 2. The first kappa shape index (κ1) is 20.4. The summed E-state index contributed by atoms with van der Waals surface area (Å²) >= 11 is 0. The first-order valence-electron chi connectivity index (χ1n) is 9.71. The average Bonchev–Trinajstić information content (AvgIpc) is 3.31. The number of aromatic nitrogens is 1. The molecule has 0 saturated carbocycles. The second-order valence-electron chi connectivity index (χ2n) is 7.07. The van der Waals surface area contributed by atoms with Gasteiger partial charge in [0.25, 0.3) is 5.91 Å². The first-order valence-corrected chi connectivity index (χ1v) is 9.71. The third-order valence-electron chi connectivity index (χ3n) is 5.28. The molecule has 0 radical (unpaired) electrons. The highest BCUT2D eigenvalue weighted by atomic mass is 16.5. The van der Waals surface area contributed by atoms with Gasteiger partial charge in [-0.2, -0.15) is 0 Å². The number of amides is 1. The lowest BCUT2D eigenvalue weighted by molar-refractivity contribution is 0.0777. The van der Waals surface area contributed by atoms with Gasteiger partial charge in [0.1, 0.15) is 23.0 Å². The Morgan fingerprint density at radius 2 is 1.90 bits per heavy atom. The Morgan fingerprint density at radius 1 is 1.19 bits per heavy atom. The van der Waals surface area contributed by atoms with Crippen LogP contribution in [-0.2, 0) is 11.3 Å². The Balaban J connectivity index is 1.76. The van der Waals surface area contributed by atoms with Crippen molar-refractivity contribution in [2.45, 2.75) is 19.6 Å². The normalized spacial score (nSPS) is 15.5. The van der Waals surface area contributed by atoms with Crippen LogP contribution >= 0.6 is 0 Å². The fourth-order valence-electron chi connectivity index (χ4n) is 3.82. The van der Waals surface area contributed by atoms with Crippen LogP contribution in [0.15, 0.2) is 58.5 Å². The highest BCUT2D eigenvalue weighted by molar-refractivity contribution is 6.02. The van der Waals surface area contributed by atoms with E-state index in [2.05, 4.69) is 16.7 Å². The molecular formula is C23H23N5O3. The number of fused-ring (bicyclic) bond motifs is 1. The van der Waals surface area contributed by atoms with Gasteiger partial charge in [-0.3, -0.25) is 14.8 Å². The number of rotatable bonds is 6. The molecule has 0 aliphatic carbocycles. The summed E-state index contributed by atoms with van der Waals surface area (Å²) in [7, 11) is 1.64. The number of amidine groups is 1. The van der Waals surface area contributed by atoms with E-state index in [1.54, 1.807) is 31.3 Å². The lowest BCUT2D eigenvalue weighted by Gasteiger charge is -2.14. The van der Waals surface area contributed by atoms with E-state index < -0.39 is 5.91 Å². The monoisotopic (exact) mass is 417 g/mol. The lowest BCUT2D eigenvalue weighted by Crippen LogP contribution is -2.19. The van der Waals surface area contributed by atoms with Gasteiger partial charge in [0.2, 0.25) is 0 Å². The maximum Gasteiger partial charge on any atom is 0.252 e. The van der Waals surface area contributed by atoms with Crippen LogP contribution in [0.2, 0.25) is 0 Å². The largest absolute Gasteiger partial charge is 0.457 e. The average molecular weight is 417 g/mol. The summed E-state index contributed by atoms with van der Waals surface area (Å²) in [6.45, 7) is 6.13. The Bertz CT molecular complexity index is 1190. The standard InChI is InChI=1S/C23H23N5O3/c1-13-19-17(12-30-13)28(21(20(19)26-2)22(24)27-3)14-8-10-15(11-9-14)31-18-7-5-4-6-16(18)23(25)29/h4-11,13H,2,12H2,1,3H3,(H2,24,27)(H2,25,29). The van der Waals surface area contributed by atoms with Crippen molar-refractivity contribution in [3.63, 3.8) is 0 Å². The van der Waals surface area contributed by atoms with Crippen LogP contribution < -0.4 is 16.2 Å². The molecule has 1 atom stereocenters. The van der Waals surface area contributed by atoms with E-state index in [1.165, 1.54) is 0 Å². The molecule has 3 aromatic rings. The number of hydrogen-bond donors (Lipinski definition) is 2. The zero-order chi connectivity index (χ0) is 22.1. The van der Waals surface area contributed by atoms with E-state index in [4.69, 9.17) is 20.9 Å². The van der Waals surface area contributed by atoms with Crippen molar-refractivity contribution in [1.82, 2.24) is 4.57 Å². The van der Waals surface area contributed by atoms with Gasteiger partial charge >= 0.3 is 0 Å². The summed E-state index contributed by atoms with van der Waals surface area (Å²) in [6, 6.07) is 14.2. The van der Waals surface area contributed by atoms with Crippen molar-refractivity contribution in [1.29, 1.82) is 0 Å². The van der Waals surface area contributed by atoms with Gasteiger partial charge < -0.3 is 25.5 Å². The highest BCUT2D eigenvalue weighted by Gasteiger charge is 2.33. The minimum absolute atomic E-state index is 0.118. The summed E-state index contributed by atoms with van der Waals surface area (Å²) in [6.07, 6.45) is -0.118. The Morgan fingerprint density at radius 3 is 2.55 bits per heavy atom. The van der Waals surface area contributed by atoms with Crippen molar-refractivity contribution >= 4 is 24.1 Å². The molecule has 1 aromatic heterocycles. The predicted octanol–water partition coefficient (Wildman–Crippen LogP) is 3.63. The van der Waals surface area contributed by atoms with Gasteiger partial charge in [0.15, 0.2) is 0 Å². The molecule has 1 unspecified atom stereocenters. The van der Waals surface area contributed by atoms with Crippen molar-refractivity contribution in [2.75, 3.05) is 7.05 Å².